The van der Waals surface area contributed by atoms with Crippen LogP contribution in [0, 0.1) is 0 Å². The van der Waals surface area contributed by atoms with E-state index < -0.39 is 17.5 Å². The number of hydrogen-bond acceptors (Lipinski definition) is 3. The maximum Gasteiger partial charge on any atom is 0.320 e. The zero-order valence-electron chi connectivity index (χ0n) is 15.4. The Morgan fingerprint density at radius 3 is 1.76 bits per heavy atom. The first kappa shape index (κ1) is 21.3. The molecule has 3 nitrogen and oxygen atoms in total. The highest BCUT2D eigenvalue weighted by Crippen LogP contribution is 2.26. The van der Waals surface area contributed by atoms with E-state index in [9.17, 15) is 0 Å². The Morgan fingerprint density at radius 1 is 0.810 bits per heavy atom. The molecule has 128 valence electrons. The monoisotopic (exact) mass is 333 g/mol. The van der Waals surface area contributed by atoms with Crippen LogP contribution in [0.3, 0.4) is 0 Å². The van der Waals surface area contributed by atoms with Crippen molar-refractivity contribution in [3.05, 3.63) is 0 Å². The second-order valence-electron chi connectivity index (χ2n) is 6.02. The molecule has 5 heteroatoms. The van der Waals surface area contributed by atoms with E-state index in [1.165, 1.54) is 56.9 Å². The van der Waals surface area contributed by atoms with Gasteiger partial charge in [-0.3, -0.25) is 0 Å². The Bertz CT molecular complexity index is 226. The minimum atomic E-state index is -1.35. The van der Waals surface area contributed by atoms with Crippen LogP contribution in [0.2, 0.25) is 24.2 Å². The lowest BCUT2D eigenvalue weighted by Gasteiger charge is -2.41. The van der Waals surface area contributed by atoms with E-state index in [1.807, 2.05) is 0 Å². The Kier molecular flexibility index (Phi) is 13.0. The molecule has 0 aromatic heterocycles. The zero-order chi connectivity index (χ0) is 16.1. The molecule has 0 spiro atoms. The molecule has 0 aliphatic heterocycles. The summed E-state index contributed by atoms with van der Waals surface area (Å²) in [6.07, 6.45) is 5.21. The minimum Gasteiger partial charge on any atom is -0.400 e. The van der Waals surface area contributed by atoms with Crippen LogP contribution >= 0.6 is 0 Å². The quantitative estimate of drug-likeness (QED) is 0.348. The molecular weight excluding hydrogens is 294 g/mol. The van der Waals surface area contributed by atoms with Crippen LogP contribution in [0.15, 0.2) is 0 Å². The third-order valence-corrected chi connectivity index (χ3v) is 12.7. The lowest BCUT2D eigenvalue weighted by Crippen LogP contribution is -2.52. The summed E-state index contributed by atoms with van der Waals surface area (Å²) in [5, 5.41) is 0. The van der Waals surface area contributed by atoms with Gasteiger partial charge in [0.25, 0.3) is 0 Å². The van der Waals surface area contributed by atoms with Crippen molar-refractivity contribution in [3.63, 3.8) is 0 Å². The largest absolute Gasteiger partial charge is 0.400 e. The summed E-state index contributed by atoms with van der Waals surface area (Å²) in [6, 6.07) is 5.35. The summed E-state index contributed by atoms with van der Waals surface area (Å²) >= 11 is 0. The fourth-order valence-electron chi connectivity index (χ4n) is 3.30. The first-order chi connectivity index (χ1) is 10.1. The Balaban J connectivity index is 4.41. The van der Waals surface area contributed by atoms with Gasteiger partial charge in [-0.25, -0.2) is 0 Å². The molecule has 21 heavy (non-hydrogen) atoms. The average molecular weight is 334 g/mol. The van der Waals surface area contributed by atoms with Crippen molar-refractivity contribution >= 4 is 17.5 Å². The molecule has 0 rings (SSSR count). The van der Waals surface area contributed by atoms with Crippen molar-refractivity contribution in [1.29, 1.82) is 0 Å². The molecule has 0 aromatic carbocycles. The van der Waals surface area contributed by atoms with Crippen LogP contribution < -0.4 is 0 Å². The van der Waals surface area contributed by atoms with E-state index in [-0.39, 0.29) is 0 Å². The third kappa shape index (κ3) is 7.41. The first-order valence-corrected chi connectivity index (χ1v) is 13.3. The second kappa shape index (κ2) is 12.8. The van der Waals surface area contributed by atoms with Gasteiger partial charge in [-0.05, 0) is 50.1 Å². The second-order valence-corrected chi connectivity index (χ2v) is 13.6. The van der Waals surface area contributed by atoms with Gasteiger partial charge in [0.15, 0.2) is 0 Å². The van der Waals surface area contributed by atoms with Gasteiger partial charge in [-0.2, -0.15) is 0 Å². The van der Waals surface area contributed by atoms with Crippen molar-refractivity contribution in [1.82, 2.24) is 4.57 Å². The number of rotatable bonds is 14. The van der Waals surface area contributed by atoms with Crippen molar-refractivity contribution in [2.75, 3.05) is 27.3 Å². The smallest absolute Gasteiger partial charge is 0.320 e. The van der Waals surface area contributed by atoms with E-state index in [0.717, 1.165) is 6.04 Å². The van der Waals surface area contributed by atoms with E-state index in [4.69, 9.17) is 8.85 Å². The molecule has 0 fully saturated rings. The van der Waals surface area contributed by atoms with E-state index >= 15 is 0 Å². The van der Waals surface area contributed by atoms with Gasteiger partial charge in [0.2, 0.25) is 0 Å². The van der Waals surface area contributed by atoms with Gasteiger partial charge in [-0.15, -0.1) is 0 Å². The number of nitrogens with zero attached hydrogens (tertiary/aromatic N) is 1. The SMILES string of the molecule is CCCCN(CCCC[SiH](OC)OC)[Si](CC)(CC)CC. The van der Waals surface area contributed by atoms with Crippen LogP contribution in [0.5, 0.6) is 0 Å². The lowest BCUT2D eigenvalue weighted by atomic mass is 10.3. The van der Waals surface area contributed by atoms with Gasteiger partial charge in [0.05, 0.1) is 0 Å². The van der Waals surface area contributed by atoms with Crippen LogP contribution in [0.25, 0.3) is 0 Å². The van der Waals surface area contributed by atoms with Gasteiger partial charge in [0.1, 0.15) is 8.24 Å². The minimum absolute atomic E-state index is 1.15. The summed E-state index contributed by atoms with van der Waals surface area (Å²) in [6.45, 7) is 12.1. The molecule has 0 N–H and O–H groups in total. The highest BCUT2D eigenvalue weighted by Gasteiger charge is 2.33. The fraction of sp³-hybridized carbons (Fsp3) is 1.00. The number of hydrogen-bond donors (Lipinski definition) is 0. The van der Waals surface area contributed by atoms with Crippen LogP contribution in [-0.2, 0) is 8.85 Å². The van der Waals surface area contributed by atoms with Crippen molar-refractivity contribution < 1.29 is 8.85 Å². The molecule has 0 aliphatic rings. The molecule has 0 aromatic rings. The molecular formula is C16H39NO2Si2. The number of unbranched alkanes of at least 4 members (excludes halogenated alkanes) is 2. The van der Waals surface area contributed by atoms with Gasteiger partial charge >= 0.3 is 9.28 Å². The Hall–Kier alpha value is 0.314. The first-order valence-electron chi connectivity index (χ1n) is 8.94. The fourth-order valence-corrected chi connectivity index (χ4v) is 8.69. The summed E-state index contributed by atoms with van der Waals surface area (Å²) in [7, 11) is 1.03. The highest BCUT2D eigenvalue weighted by atomic mass is 28.3. The average Bonchev–Trinajstić information content (AvgIpc) is 2.53. The highest BCUT2D eigenvalue weighted by molar-refractivity contribution is 6.77. The predicted octanol–water partition coefficient (Wildman–Crippen LogP) is 4.39. The van der Waals surface area contributed by atoms with Crippen LogP contribution in [0.1, 0.15) is 53.4 Å². The standard InChI is InChI=1S/C16H39NO2Si2/c1-7-11-14-17(21(8-2,9-3)10-4)15-12-13-16-20(18-5)19-6/h20H,7-16H2,1-6H3. The molecule has 0 saturated heterocycles. The van der Waals surface area contributed by atoms with Crippen molar-refractivity contribution in [2.24, 2.45) is 0 Å². The van der Waals surface area contributed by atoms with E-state index in [1.54, 1.807) is 14.2 Å². The predicted molar refractivity (Wildman–Crippen MR) is 98.9 cm³/mol. The maximum absolute atomic E-state index is 5.41. The third-order valence-electron chi connectivity index (χ3n) is 5.07. The summed E-state index contributed by atoms with van der Waals surface area (Å²) in [5.74, 6) is 0. The van der Waals surface area contributed by atoms with E-state index in [0.29, 0.717) is 0 Å². The van der Waals surface area contributed by atoms with E-state index in [2.05, 4.69) is 32.3 Å². The van der Waals surface area contributed by atoms with Crippen LogP contribution in [0.4, 0.5) is 0 Å². The van der Waals surface area contributed by atoms with Gasteiger partial charge in [-0.1, -0.05) is 40.5 Å². The molecule has 0 amide bonds. The molecule has 0 radical (unpaired) electrons. The van der Waals surface area contributed by atoms with Gasteiger partial charge < -0.3 is 13.4 Å². The summed E-state index contributed by atoms with van der Waals surface area (Å²) < 4.78 is 13.7. The topological polar surface area (TPSA) is 21.7 Å². The molecule has 0 saturated carbocycles. The Morgan fingerprint density at radius 2 is 1.33 bits per heavy atom. The zero-order valence-corrected chi connectivity index (χ0v) is 17.6. The normalized spacial score (nSPS) is 12.6. The summed E-state index contributed by atoms with van der Waals surface area (Å²) in [4.78, 5) is 0. The van der Waals surface area contributed by atoms with Crippen molar-refractivity contribution in [3.8, 4) is 0 Å². The Labute approximate surface area is 136 Å². The van der Waals surface area contributed by atoms with Gasteiger partial charge in [0, 0.05) is 14.2 Å². The molecule has 0 bridgehead atoms. The summed E-state index contributed by atoms with van der Waals surface area (Å²) in [5.41, 5.74) is 0. The molecule has 0 heterocycles. The van der Waals surface area contributed by atoms with Crippen LogP contribution in [-0.4, -0.2) is 49.4 Å². The van der Waals surface area contributed by atoms with Crippen molar-refractivity contribution in [2.45, 2.75) is 77.6 Å². The lowest BCUT2D eigenvalue weighted by molar-refractivity contribution is 0.275. The molecule has 0 atom stereocenters. The maximum atomic E-state index is 5.41. The molecule has 0 aliphatic carbocycles. The molecule has 0 unspecified atom stereocenters.